The number of hydrogen-bond donors (Lipinski definition) is 1. The monoisotopic (exact) mass is 403 g/mol. The van der Waals surface area contributed by atoms with E-state index in [4.69, 9.17) is 4.74 Å². The number of aliphatic hydroxyl groups is 1. The van der Waals surface area contributed by atoms with E-state index in [0.717, 1.165) is 49.6 Å². The average molecular weight is 404 g/mol. The van der Waals surface area contributed by atoms with Crippen molar-refractivity contribution in [3.63, 3.8) is 0 Å². The molecule has 2 aromatic carbocycles. The molecular formula is C25H29N3O2. The first kappa shape index (κ1) is 19.3. The molecule has 1 saturated heterocycles. The lowest BCUT2D eigenvalue weighted by Crippen LogP contribution is -2.36. The van der Waals surface area contributed by atoms with Gasteiger partial charge in [0.05, 0.1) is 19.3 Å². The molecule has 0 unspecified atom stereocenters. The Morgan fingerprint density at radius 1 is 1.03 bits per heavy atom. The molecule has 1 aromatic heterocycles. The molecule has 0 radical (unpaired) electrons. The van der Waals surface area contributed by atoms with Crippen LogP contribution in [0, 0.1) is 11.8 Å². The highest BCUT2D eigenvalue weighted by molar-refractivity contribution is 5.55. The van der Waals surface area contributed by atoms with Crippen molar-refractivity contribution in [1.82, 2.24) is 14.5 Å². The minimum atomic E-state index is -0.334. The van der Waals surface area contributed by atoms with E-state index in [9.17, 15) is 5.11 Å². The zero-order valence-electron chi connectivity index (χ0n) is 17.4. The molecule has 156 valence electrons. The number of hydrogen-bond acceptors (Lipinski definition) is 4. The van der Waals surface area contributed by atoms with Gasteiger partial charge >= 0.3 is 0 Å². The first-order chi connectivity index (χ1) is 14.7. The predicted molar refractivity (Wildman–Crippen MR) is 117 cm³/mol. The number of ether oxygens (including phenoxy) is 1. The van der Waals surface area contributed by atoms with Crippen LogP contribution in [-0.2, 0) is 6.54 Å². The molecule has 1 saturated carbocycles. The van der Waals surface area contributed by atoms with Gasteiger partial charge in [-0.15, -0.1) is 0 Å². The van der Waals surface area contributed by atoms with Crippen molar-refractivity contribution in [2.24, 2.45) is 11.8 Å². The summed E-state index contributed by atoms with van der Waals surface area (Å²) in [6.45, 7) is 3.08. The van der Waals surface area contributed by atoms with Crippen molar-refractivity contribution >= 4 is 0 Å². The number of rotatable bonds is 5. The number of aromatic nitrogens is 2. The quantitative estimate of drug-likeness (QED) is 0.700. The summed E-state index contributed by atoms with van der Waals surface area (Å²) in [4.78, 5) is 7.13. The second-order valence-corrected chi connectivity index (χ2v) is 8.70. The van der Waals surface area contributed by atoms with Crippen LogP contribution < -0.4 is 4.74 Å². The topological polar surface area (TPSA) is 50.5 Å². The number of aliphatic hydroxyl groups excluding tert-OH is 1. The van der Waals surface area contributed by atoms with E-state index >= 15 is 0 Å². The Kier molecular flexibility index (Phi) is 5.32. The molecule has 5 nitrogen and oxygen atoms in total. The number of nitrogens with zero attached hydrogens (tertiary/aromatic N) is 3. The van der Waals surface area contributed by atoms with Crippen molar-refractivity contribution in [3.8, 4) is 17.1 Å². The highest BCUT2D eigenvalue weighted by Gasteiger charge is 2.42. The Labute approximate surface area is 177 Å². The van der Waals surface area contributed by atoms with Crippen LogP contribution >= 0.6 is 0 Å². The third-order valence-electron chi connectivity index (χ3n) is 6.78. The third kappa shape index (κ3) is 3.75. The van der Waals surface area contributed by atoms with Gasteiger partial charge in [-0.3, -0.25) is 4.90 Å². The second-order valence-electron chi connectivity index (χ2n) is 8.70. The van der Waals surface area contributed by atoms with Crippen LogP contribution in [0.25, 0.3) is 11.4 Å². The van der Waals surface area contributed by atoms with Gasteiger partial charge in [0, 0.05) is 37.6 Å². The molecule has 3 aromatic rings. The molecule has 4 atom stereocenters. The van der Waals surface area contributed by atoms with Crippen LogP contribution in [0.5, 0.6) is 5.75 Å². The lowest BCUT2D eigenvalue weighted by atomic mass is 9.77. The van der Waals surface area contributed by atoms with E-state index in [2.05, 4.69) is 44.8 Å². The third-order valence-corrected chi connectivity index (χ3v) is 6.78. The van der Waals surface area contributed by atoms with Crippen LogP contribution in [-0.4, -0.2) is 45.9 Å². The van der Waals surface area contributed by atoms with Crippen molar-refractivity contribution in [1.29, 1.82) is 0 Å². The Balaban J connectivity index is 1.31. The minimum Gasteiger partial charge on any atom is -0.497 e. The summed E-state index contributed by atoms with van der Waals surface area (Å²) < 4.78 is 7.57. The summed E-state index contributed by atoms with van der Waals surface area (Å²) in [7, 11) is 1.71. The van der Waals surface area contributed by atoms with Gasteiger partial charge in [0.25, 0.3) is 0 Å². The maximum Gasteiger partial charge on any atom is 0.140 e. The Morgan fingerprint density at radius 2 is 1.83 bits per heavy atom. The molecule has 5 rings (SSSR count). The zero-order chi connectivity index (χ0) is 20.5. The van der Waals surface area contributed by atoms with E-state index in [1.165, 1.54) is 5.56 Å². The molecule has 30 heavy (non-hydrogen) atoms. The molecule has 1 aliphatic carbocycles. The molecular weight excluding hydrogens is 374 g/mol. The predicted octanol–water partition coefficient (Wildman–Crippen LogP) is 4.00. The van der Waals surface area contributed by atoms with E-state index in [1.807, 2.05) is 36.7 Å². The minimum absolute atomic E-state index is 0.0840. The van der Waals surface area contributed by atoms with Crippen LogP contribution in [0.1, 0.15) is 24.4 Å². The van der Waals surface area contributed by atoms with Gasteiger partial charge in [-0.1, -0.05) is 42.5 Å². The van der Waals surface area contributed by atoms with Gasteiger partial charge in [0.2, 0.25) is 0 Å². The SMILES string of the molecule is COc1cccc(CN2C[C@H]3C[C@H](O)[C@@H](n4ccnc4-c4ccccc4)C[C@H]3C2)c1. The van der Waals surface area contributed by atoms with Gasteiger partial charge in [-0.2, -0.15) is 0 Å². The maximum absolute atomic E-state index is 11.0. The molecule has 2 fully saturated rings. The molecule has 0 spiro atoms. The van der Waals surface area contributed by atoms with Crippen molar-refractivity contribution < 1.29 is 9.84 Å². The summed E-state index contributed by atoms with van der Waals surface area (Å²) in [6, 6.07) is 18.7. The summed E-state index contributed by atoms with van der Waals surface area (Å²) in [5, 5.41) is 11.0. The number of likely N-dealkylation sites (tertiary alicyclic amines) is 1. The fourth-order valence-corrected chi connectivity index (χ4v) is 5.35. The molecule has 1 aliphatic heterocycles. The number of benzene rings is 2. The number of imidazole rings is 1. The van der Waals surface area contributed by atoms with Crippen LogP contribution in [0.3, 0.4) is 0 Å². The lowest BCUT2D eigenvalue weighted by molar-refractivity contribution is 0.0365. The van der Waals surface area contributed by atoms with Crippen LogP contribution in [0.4, 0.5) is 0 Å². The molecule has 2 aliphatic rings. The summed E-state index contributed by atoms with van der Waals surface area (Å²) in [5.41, 5.74) is 2.38. The Bertz CT molecular complexity index is 987. The molecule has 2 heterocycles. The number of fused-ring (bicyclic) bond motifs is 1. The van der Waals surface area contributed by atoms with Crippen molar-refractivity contribution in [2.75, 3.05) is 20.2 Å². The Morgan fingerprint density at radius 3 is 2.63 bits per heavy atom. The van der Waals surface area contributed by atoms with Gasteiger partial charge in [0.1, 0.15) is 11.6 Å². The van der Waals surface area contributed by atoms with E-state index in [1.54, 1.807) is 7.11 Å². The van der Waals surface area contributed by atoms with Crippen LogP contribution in [0.15, 0.2) is 67.0 Å². The highest BCUT2D eigenvalue weighted by Crippen LogP contribution is 2.42. The van der Waals surface area contributed by atoms with E-state index < -0.39 is 0 Å². The summed E-state index contributed by atoms with van der Waals surface area (Å²) >= 11 is 0. The maximum atomic E-state index is 11.0. The Hall–Kier alpha value is -2.63. The number of methoxy groups -OCH3 is 1. The zero-order valence-corrected chi connectivity index (χ0v) is 17.4. The second kappa shape index (κ2) is 8.25. The summed E-state index contributed by atoms with van der Waals surface area (Å²) in [6.07, 6.45) is 5.40. The van der Waals surface area contributed by atoms with Gasteiger partial charge in [-0.25, -0.2) is 4.98 Å². The first-order valence-corrected chi connectivity index (χ1v) is 10.8. The van der Waals surface area contributed by atoms with Gasteiger partial charge in [-0.05, 0) is 42.4 Å². The standard InChI is InChI=1S/C25H29N3O2/c1-30-22-9-5-6-18(12-22)15-27-16-20-13-23(24(29)14-21(20)17-27)28-11-10-26-25(28)19-7-3-2-4-8-19/h2-12,20-21,23-24,29H,13-17H2,1H3/t20-,21+,23-,24-/m0/s1. The molecule has 0 amide bonds. The first-order valence-electron chi connectivity index (χ1n) is 10.8. The lowest BCUT2D eigenvalue weighted by Gasteiger charge is -2.36. The highest BCUT2D eigenvalue weighted by atomic mass is 16.5. The smallest absolute Gasteiger partial charge is 0.140 e. The van der Waals surface area contributed by atoms with Crippen molar-refractivity contribution in [3.05, 3.63) is 72.6 Å². The molecule has 5 heteroatoms. The van der Waals surface area contributed by atoms with Gasteiger partial charge < -0.3 is 14.4 Å². The summed E-state index contributed by atoms with van der Waals surface area (Å²) in [5.74, 6) is 3.03. The van der Waals surface area contributed by atoms with E-state index in [-0.39, 0.29) is 12.1 Å². The van der Waals surface area contributed by atoms with Crippen molar-refractivity contribution in [2.45, 2.75) is 31.5 Å². The molecule has 1 N–H and O–H groups in total. The largest absolute Gasteiger partial charge is 0.497 e. The average Bonchev–Trinajstić information content (AvgIpc) is 3.40. The normalized spacial score (nSPS) is 26.5. The van der Waals surface area contributed by atoms with Gasteiger partial charge in [0.15, 0.2) is 0 Å². The van der Waals surface area contributed by atoms with Crippen LogP contribution in [0.2, 0.25) is 0 Å². The van der Waals surface area contributed by atoms with E-state index in [0.29, 0.717) is 11.8 Å². The fourth-order valence-electron chi connectivity index (χ4n) is 5.35. The fraction of sp³-hybridized carbons (Fsp3) is 0.400. The molecule has 0 bridgehead atoms.